The van der Waals surface area contributed by atoms with E-state index in [0.29, 0.717) is 16.9 Å². The Labute approximate surface area is 156 Å². The lowest BCUT2D eigenvalue weighted by atomic mass is 10.1. The molecule has 3 N–H and O–H groups in total. The lowest BCUT2D eigenvalue weighted by molar-refractivity contribution is 0.0600. The van der Waals surface area contributed by atoms with Crippen LogP contribution in [0, 0.1) is 11.8 Å². The van der Waals surface area contributed by atoms with E-state index in [1.807, 2.05) is 0 Å². The Morgan fingerprint density at radius 1 is 1.00 bits per heavy atom. The number of ether oxygens (including phenoxy) is 2. The molecule has 0 aliphatic carbocycles. The standard InChI is InChI=1S/C20H18N2O5/c1-26-20(25)15-10-8-14(9-11-15)19(24)22-12-4-5-13-27-17-7-3-2-6-16(17)18(21)23/h2-3,6-11H,12-13H2,1H3,(H2,21,23)(H,22,24). The van der Waals surface area contributed by atoms with Crippen LogP contribution in [0.4, 0.5) is 0 Å². The van der Waals surface area contributed by atoms with Crippen molar-refractivity contribution in [2.45, 2.75) is 0 Å². The Hall–Kier alpha value is -3.79. The Morgan fingerprint density at radius 2 is 1.67 bits per heavy atom. The largest absolute Gasteiger partial charge is 0.480 e. The fourth-order valence-electron chi connectivity index (χ4n) is 2.13. The van der Waals surface area contributed by atoms with Crippen LogP contribution in [-0.4, -0.2) is 38.0 Å². The summed E-state index contributed by atoms with van der Waals surface area (Å²) in [7, 11) is 1.29. The molecule has 0 saturated carbocycles. The summed E-state index contributed by atoms with van der Waals surface area (Å²) in [5.41, 5.74) is 6.30. The molecular formula is C20H18N2O5. The summed E-state index contributed by atoms with van der Waals surface area (Å²) in [6, 6.07) is 12.7. The van der Waals surface area contributed by atoms with Gasteiger partial charge >= 0.3 is 5.97 Å². The van der Waals surface area contributed by atoms with Gasteiger partial charge in [-0.05, 0) is 36.4 Å². The number of benzene rings is 2. The van der Waals surface area contributed by atoms with Crippen LogP contribution in [0.15, 0.2) is 48.5 Å². The fraction of sp³-hybridized carbons (Fsp3) is 0.150. The van der Waals surface area contributed by atoms with Gasteiger partial charge in [0.25, 0.3) is 11.8 Å². The quantitative estimate of drug-likeness (QED) is 0.593. The van der Waals surface area contributed by atoms with Gasteiger partial charge in [0, 0.05) is 5.56 Å². The van der Waals surface area contributed by atoms with Gasteiger partial charge in [-0.15, -0.1) is 0 Å². The highest BCUT2D eigenvalue weighted by atomic mass is 16.5. The van der Waals surface area contributed by atoms with Crippen molar-refractivity contribution in [3.63, 3.8) is 0 Å². The molecule has 0 aliphatic rings. The molecule has 7 heteroatoms. The van der Waals surface area contributed by atoms with E-state index >= 15 is 0 Å². The van der Waals surface area contributed by atoms with Crippen molar-refractivity contribution < 1.29 is 23.9 Å². The van der Waals surface area contributed by atoms with E-state index in [4.69, 9.17) is 10.5 Å². The molecule has 0 unspecified atom stereocenters. The van der Waals surface area contributed by atoms with E-state index < -0.39 is 11.9 Å². The average Bonchev–Trinajstić information content (AvgIpc) is 2.70. The normalized spacial score (nSPS) is 9.52. The van der Waals surface area contributed by atoms with Gasteiger partial charge in [0.05, 0.1) is 24.8 Å². The zero-order valence-electron chi connectivity index (χ0n) is 14.7. The fourth-order valence-corrected chi connectivity index (χ4v) is 2.13. The number of hydrogen-bond donors (Lipinski definition) is 2. The summed E-state index contributed by atoms with van der Waals surface area (Å²) in [4.78, 5) is 34.6. The molecule has 2 rings (SSSR count). The lowest BCUT2D eigenvalue weighted by Gasteiger charge is -2.05. The van der Waals surface area contributed by atoms with E-state index in [0.717, 1.165) is 0 Å². The van der Waals surface area contributed by atoms with Crippen LogP contribution >= 0.6 is 0 Å². The van der Waals surface area contributed by atoms with Gasteiger partial charge in [0.15, 0.2) is 0 Å². The van der Waals surface area contributed by atoms with Crippen molar-refractivity contribution in [2.75, 3.05) is 20.3 Å². The Kier molecular flexibility index (Phi) is 6.97. The first-order valence-electron chi connectivity index (χ1n) is 7.97. The number of primary amides is 1. The third kappa shape index (κ3) is 5.61. The Balaban J connectivity index is 1.81. The number of amides is 2. The second-order valence-electron chi connectivity index (χ2n) is 5.25. The molecule has 2 aromatic rings. The van der Waals surface area contributed by atoms with Crippen LogP contribution in [-0.2, 0) is 4.74 Å². The first kappa shape index (κ1) is 19.5. The zero-order chi connectivity index (χ0) is 19.6. The van der Waals surface area contributed by atoms with Crippen LogP contribution < -0.4 is 15.8 Å². The molecule has 0 spiro atoms. The number of carbonyl (C=O) groups excluding carboxylic acids is 3. The summed E-state index contributed by atoms with van der Waals surface area (Å²) in [6.45, 7) is 0.173. The summed E-state index contributed by atoms with van der Waals surface area (Å²) >= 11 is 0. The van der Waals surface area contributed by atoms with Crippen LogP contribution in [0.3, 0.4) is 0 Å². The molecule has 27 heavy (non-hydrogen) atoms. The molecule has 0 bridgehead atoms. The summed E-state index contributed by atoms with van der Waals surface area (Å²) < 4.78 is 10.0. The first-order chi connectivity index (χ1) is 13.0. The number of nitrogens with one attached hydrogen (secondary N) is 1. The van der Waals surface area contributed by atoms with Gasteiger partial charge in [-0.3, -0.25) is 9.59 Å². The van der Waals surface area contributed by atoms with Crippen molar-refractivity contribution in [3.05, 3.63) is 65.2 Å². The minimum atomic E-state index is -0.580. The lowest BCUT2D eigenvalue weighted by Crippen LogP contribution is -2.23. The third-order valence-electron chi connectivity index (χ3n) is 3.48. The number of hydrogen-bond acceptors (Lipinski definition) is 5. The Morgan fingerprint density at radius 3 is 2.33 bits per heavy atom. The number of nitrogens with two attached hydrogens (primary N) is 1. The maximum absolute atomic E-state index is 12.0. The smallest absolute Gasteiger partial charge is 0.337 e. The maximum Gasteiger partial charge on any atom is 0.337 e. The molecule has 0 radical (unpaired) electrons. The maximum atomic E-state index is 12.0. The molecule has 0 aromatic heterocycles. The first-order valence-corrected chi connectivity index (χ1v) is 7.97. The van der Waals surface area contributed by atoms with Gasteiger partial charge in [-0.1, -0.05) is 24.0 Å². The second-order valence-corrected chi connectivity index (χ2v) is 5.25. The van der Waals surface area contributed by atoms with Gasteiger partial charge in [0.1, 0.15) is 12.4 Å². The van der Waals surface area contributed by atoms with Gasteiger partial charge in [-0.25, -0.2) is 4.79 Å². The van der Waals surface area contributed by atoms with E-state index in [2.05, 4.69) is 21.9 Å². The summed E-state index contributed by atoms with van der Waals surface area (Å²) in [6.07, 6.45) is 0. The van der Waals surface area contributed by atoms with Crippen molar-refractivity contribution in [3.8, 4) is 17.6 Å². The second kappa shape index (κ2) is 9.63. The van der Waals surface area contributed by atoms with Crippen molar-refractivity contribution in [1.82, 2.24) is 5.32 Å². The predicted octanol–water partition coefficient (Wildman–Crippen LogP) is 1.38. The summed E-state index contributed by atoms with van der Waals surface area (Å²) in [5.74, 6) is 4.48. The molecule has 2 amide bonds. The predicted molar refractivity (Wildman–Crippen MR) is 98.3 cm³/mol. The van der Waals surface area contributed by atoms with Crippen molar-refractivity contribution in [1.29, 1.82) is 0 Å². The Bertz CT molecular complexity index is 895. The van der Waals surface area contributed by atoms with Gasteiger partial charge in [-0.2, -0.15) is 0 Å². The van der Waals surface area contributed by atoms with Crippen LogP contribution in [0.1, 0.15) is 31.1 Å². The molecule has 0 atom stereocenters. The number of methoxy groups -OCH3 is 1. The monoisotopic (exact) mass is 366 g/mol. The molecule has 7 nitrogen and oxygen atoms in total. The van der Waals surface area contributed by atoms with Gasteiger partial charge in [0.2, 0.25) is 0 Å². The van der Waals surface area contributed by atoms with Crippen LogP contribution in [0.2, 0.25) is 0 Å². The van der Waals surface area contributed by atoms with E-state index in [-0.39, 0.29) is 24.6 Å². The topological polar surface area (TPSA) is 108 Å². The highest BCUT2D eigenvalue weighted by molar-refractivity contribution is 5.96. The molecule has 0 aliphatic heterocycles. The molecular weight excluding hydrogens is 348 g/mol. The number of carbonyl (C=O) groups is 3. The molecule has 0 saturated heterocycles. The van der Waals surface area contributed by atoms with Crippen LogP contribution in [0.5, 0.6) is 5.75 Å². The zero-order valence-corrected chi connectivity index (χ0v) is 14.7. The number of rotatable bonds is 6. The molecule has 0 fully saturated rings. The van der Waals surface area contributed by atoms with E-state index in [9.17, 15) is 14.4 Å². The molecule has 2 aromatic carbocycles. The van der Waals surface area contributed by atoms with Crippen molar-refractivity contribution in [2.24, 2.45) is 5.73 Å². The highest BCUT2D eigenvalue weighted by Crippen LogP contribution is 2.16. The van der Waals surface area contributed by atoms with Gasteiger partial charge < -0.3 is 20.5 Å². The third-order valence-corrected chi connectivity index (χ3v) is 3.48. The summed E-state index contributed by atoms with van der Waals surface area (Å²) in [5, 5.41) is 2.63. The number of para-hydroxylation sites is 1. The van der Waals surface area contributed by atoms with E-state index in [1.165, 1.54) is 31.4 Å². The van der Waals surface area contributed by atoms with Crippen molar-refractivity contribution >= 4 is 17.8 Å². The van der Waals surface area contributed by atoms with Crippen LogP contribution in [0.25, 0.3) is 0 Å². The minimum absolute atomic E-state index is 0.0496. The van der Waals surface area contributed by atoms with E-state index in [1.54, 1.807) is 24.3 Å². The highest BCUT2D eigenvalue weighted by Gasteiger charge is 2.08. The molecule has 138 valence electrons. The average molecular weight is 366 g/mol. The minimum Gasteiger partial charge on any atom is -0.480 e. The SMILES string of the molecule is COC(=O)c1ccc(C(=O)NCC#CCOc2ccccc2C(N)=O)cc1. The molecule has 0 heterocycles. The number of esters is 1.